The molecule has 0 N–H and O–H groups in total. The van der Waals surface area contributed by atoms with E-state index in [2.05, 4.69) is 24.3 Å². The molecule has 100 valence electrons. The Balaban J connectivity index is 1.72. The van der Waals surface area contributed by atoms with E-state index in [4.69, 9.17) is 21.6 Å². The Kier molecular flexibility index (Phi) is 3.62. The molecule has 2 aromatic carbocycles. The molecule has 0 aromatic heterocycles. The Labute approximate surface area is 123 Å². The van der Waals surface area contributed by atoms with Crippen LogP contribution >= 0.6 is 11.6 Å². The first-order chi connectivity index (χ1) is 9.76. The number of halogens is 1. The number of rotatable bonds is 3. The maximum Gasteiger partial charge on any atom is 0.138 e. The molecule has 0 bridgehead atoms. The number of hydrogen-bond acceptors (Lipinski definition) is 2. The van der Waals surface area contributed by atoms with Gasteiger partial charge in [-0.15, -0.1) is 0 Å². The summed E-state index contributed by atoms with van der Waals surface area (Å²) in [7, 11) is 0. The van der Waals surface area contributed by atoms with Crippen LogP contribution in [0.3, 0.4) is 0 Å². The minimum atomic E-state index is 0.477. The van der Waals surface area contributed by atoms with Gasteiger partial charge in [0.15, 0.2) is 0 Å². The molecule has 0 amide bonds. The van der Waals surface area contributed by atoms with E-state index >= 15 is 0 Å². The van der Waals surface area contributed by atoms with Gasteiger partial charge in [-0.1, -0.05) is 29.8 Å². The number of hydrogen-bond donors (Lipinski definition) is 0. The summed E-state index contributed by atoms with van der Waals surface area (Å²) in [5, 5.41) is 9.28. The molecule has 0 heterocycles. The Morgan fingerprint density at radius 3 is 2.75 bits per heavy atom. The topological polar surface area (TPSA) is 33.0 Å². The molecule has 2 nitrogen and oxygen atoms in total. The first kappa shape index (κ1) is 13.0. The highest BCUT2D eigenvalue weighted by Crippen LogP contribution is 2.27. The third kappa shape index (κ3) is 2.64. The Morgan fingerprint density at radius 2 is 1.95 bits per heavy atom. The highest BCUT2D eigenvalue weighted by molar-refractivity contribution is 6.32. The molecule has 0 unspecified atom stereocenters. The van der Waals surface area contributed by atoms with Crippen LogP contribution in [0.4, 0.5) is 0 Å². The van der Waals surface area contributed by atoms with Gasteiger partial charge >= 0.3 is 0 Å². The standard InChI is InChI=1S/C17H14ClNO/c18-16-9-12(10-19)5-7-17(16)20-11-13-4-6-14-2-1-3-15(14)8-13/h4-9H,1-3,11H2. The van der Waals surface area contributed by atoms with Crippen LogP contribution in [-0.4, -0.2) is 0 Å². The fraction of sp³-hybridized carbons (Fsp3) is 0.235. The van der Waals surface area contributed by atoms with Crippen LogP contribution in [0.5, 0.6) is 5.75 Å². The third-order valence-electron chi connectivity index (χ3n) is 3.62. The molecular weight excluding hydrogens is 270 g/mol. The van der Waals surface area contributed by atoms with Crippen molar-refractivity contribution in [1.82, 2.24) is 0 Å². The average Bonchev–Trinajstić information content (AvgIpc) is 2.93. The highest BCUT2D eigenvalue weighted by Gasteiger charge is 2.11. The zero-order chi connectivity index (χ0) is 13.9. The fourth-order valence-corrected chi connectivity index (χ4v) is 2.80. The molecule has 2 aromatic rings. The van der Waals surface area contributed by atoms with Crippen LogP contribution in [-0.2, 0) is 19.4 Å². The smallest absolute Gasteiger partial charge is 0.138 e. The second-order valence-electron chi connectivity index (χ2n) is 5.00. The van der Waals surface area contributed by atoms with E-state index in [0.29, 0.717) is 22.9 Å². The van der Waals surface area contributed by atoms with Crippen molar-refractivity contribution in [3.8, 4) is 11.8 Å². The second kappa shape index (κ2) is 5.56. The summed E-state index contributed by atoms with van der Waals surface area (Å²) < 4.78 is 5.74. The minimum absolute atomic E-state index is 0.477. The zero-order valence-corrected chi connectivity index (χ0v) is 11.8. The summed E-state index contributed by atoms with van der Waals surface area (Å²) in [4.78, 5) is 0. The Hall–Kier alpha value is -1.98. The molecule has 3 rings (SSSR count). The van der Waals surface area contributed by atoms with E-state index in [-0.39, 0.29) is 0 Å². The monoisotopic (exact) mass is 283 g/mol. The van der Waals surface area contributed by atoms with Gasteiger partial charge < -0.3 is 4.74 Å². The van der Waals surface area contributed by atoms with Crippen molar-refractivity contribution in [2.45, 2.75) is 25.9 Å². The van der Waals surface area contributed by atoms with Gasteiger partial charge in [-0.25, -0.2) is 0 Å². The van der Waals surface area contributed by atoms with Crippen molar-refractivity contribution in [1.29, 1.82) is 5.26 Å². The van der Waals surface area contributed by atoms with Gasteiger partial charge in [-0.3, -0.25) is 0 Å². The molecular formula is C17H14ClNO. The van der Waals surface area contributed by atoms with Crippen LogP contribution in [0, 0.1) is 11.3 Å². The number of fused-ring (bicyclic) bond motifs is 1. The zero-order valence-electron chi connectivity index (χ0n) is 11.0. The summed E-state index contributed by atoms with van der Waals surface area (Å²) in [6.45, 7) is 0.499. The molecule has 0 spiro atoms. The van der Waals surface area contributed by atoms with Crippen molar-refractivity contribution in [3.63, 3.8) is 0 Å². The van der Waals surface area contributed by atoms with Crippen molar-refractivity contribution in [2.75, 3.05) is 0 Å². The summed E-state index contributed by atoms with van der Waals surface area (Å²) in [5.74, 6) is 0.617. The van der Waals surface area contributed by atoms with Gasteiger partial charge in [0.2, 0.25) is 0 Å². The predicted octanol–water partition coefficient (Wildman–Crippen LogP) is 4.28. The third-order valence-corrected chi connectivity index (χ3v) is 3.91. The summed E-state index contributed by atoms with van der Waals surface area (Å²) in [6, 6.07) is 13.7. The summed E-state index contributed by atoms with van der Waals surface area (Å²) in [6.07, 6.45) is 3.61. The molecule has 0 saturated carbocycles. The molecule has 1 aliphatic rings. The normalized spacial score (nSPS) is 12.8. The average molecular weight is 284 g/mol. The number of aryl methyl sites for hydroxylation is 2. The van der Waals surface area contributed by atoms with E-state index in [1.807, 2.05) is 0 Å². The fourth-order valence-electron chi connectivity index (χ4n) is 2.56. The van der Waals surface area contributed by atoms with Crippen LogP contribution < -0.4 is 4.74 Å². The Bertz CT molecular complexity index is 688. The van der Waals surface area contributed by atoms with E-state index in [0.717, 1.165) is 5.56 Å². The van der Waals surface area contributed by atoms with E-state index < -0.39 is 0 Å². The first-order valence-electron chi connectivity index (χ1n) is 6.69. The molecule has 20 heavy (non-hydrogen) atoms. The van der Waals surface area contributed by atoms with E-state index in [1.54, 1.807) is 18.2 Å². The van der Waals surface area contributed by atoms with Crippen molar-refractivity contribution < 1.29 is 4.74 Å². The first-order valence-corrected chi connectivity index (χ1v) is 7.07. The van der Waals surface area contributed by atoms with Crippen molar-refractivity contribution in [3.05, 3.63) is 63.7 Å². The lowest BCUT2D eigenvalue weighted by Crippen LogP contribution is -1.97. The van der Waals surface area contributed by atoms with Crippen LogP contribution in [0.1, 0.15) is 28.7 Å². The van der Waals surface area contributed by atoms with Gasteiger partial charge in [0, 0.05) is 0 Å². The lowest BCUT2D eigenvalue weighted by Gasteiger charge is -2.09. The Morgan fingerprint density at radius 1 is 1.10 bits per heavy atom. The summed E-state index contributed by atoms with van der Waals surface area (Å²) >= 11 is 6.09. The van der Waals surface area contributed by atoms with Crippen molar-refractivity contribution >= 4 is 11.6 Å². The number of nitriles is 1. The van der Waals surface area contributed by atoms with Gasteiger partial charge in [0.05, 0.1) is 16.7 Å². The van der Waals surface area contributed by atoms with Crippen molar-refractivity contribution in [2.24, 2.45) is 0 Å². The minimum Gasteiger partial charge on any atom is -0.487 e. The quantitative estimate of drug-likeness (QED) is 0.842. The van der Waals surface area contributed by atoms with E-state index in [1.165, 1.54) is 30.4 Å². The number of benzene rings is 2. The molecule has 1 aliphatic carbocycles. The molecule has 0 radical (unpaired) electrons. The summed E-state index contributed by atoms with van der Waals surface area (Å²) in [5.41, 5.74) is 4.60. The molecule has 0 fully saturated rings. The molecule has 0 saturated heterocycles. The van der Waals surface area contributed by atoms with Gasteiger partial charge in [0.1, 0.15) is 12.4 Å². The maximum atomic E-state index is 8.80. The molecule has 0 atom stereocenters. The van der Waals surface area contributed by atoms with Crippen LogP contribution in [0.2, 0.25) is 5.02 Å². The van der Waals surface area contributed by atoms with E-state index in [9.17, 15) is 0 Å². The lowest BCUT2D eigenvalue weighted by atomic mass is 10.1. The second-order valence-corrected chi connectivity index (χ2v) is 5.41. The van der Waals surface area contributed by atoms with Crippen LogP contribution in [0.15, 0.2) is 36.4 Å². The SMILES string of the molecule is N#Cc1ccc(OCc2ccc3c(c2)CCC3)c(Cl)c1. The van der Waals surface area contributed by atoms with Gasteiger partial charge in [0.25, 0.3) is 0 Å². The maximum absolute atomic E-state index is 8.80. The largest absolute Gasteiger partial charge is 0.487 e. The number of nitrogens with zero attached hydrogens (tertiary/aromatic N) is 1. The van der Waals surface area contributed by atoms with Gasteiger partial charge in [-0.05, 0) is 54.2 Å². The van der Waals surface area contributed by atoms with Crippen LogP contribution in [0.25, 0.3) is 0 Å². The molecule has 0 aliphatic heterocycles. The highest BCUT2D eigenvalue weighted by atomic mass is 35.5. The van der Waals surface area contributed by atoms with Gasteiger partial charge in [-0.2, -0.15) is 5.26 Å². The lowest BCUT2D eigenvalue weighted by molar-refractivity contribution is 0.306. The number of ether oxygens (including phenoxy) is 1. The predicted molar refractivity (Wildman–Crippen MR) is 79.0 cm³/mol. The molecule has 3 heteroatoms.